The van der Waals surface area contributed by atoms with E-state index in [9.17, 15) is 0 Å². The predicted octanol–water partition coefficient (Wildman–Crippen LogP) is 3.02. The maximum atomic E-state index is 5.44. The summed E-state index contributed by atoms with van der Waals surface area (Å²) < 4.78 is 2.39. The number of alkyl halides is 3. The van der Waals surface area contributed by atoms with Gasteiger partial charge in [0.1, 0.15) is 0 Å². The highest BCUT2D eigenvalue weighted by molar-refractivity contribution is 7.10. The van der Waals surface area contributed by atoms with Crippen LogP contribution >= 0.6 is 57.9 Å². The van der Waals surface area contributed by atoms with Crippen LogP contribution in [0.4, 0.5) is 0 Å². The average Bonchev–Trinajstić information content (AvgIpc) is 2.11. The molecule has 0 radical (unpaired) electrons. The molecule has 1 heterocycles. The second-order valence-corrected chi connectivity index (χ2v) is 4.98. The zero-order valence-electron chi connectivity index (χ0n) is 4.31. The van der Waals surface area contributed by atoms with E-state index in [0.717, 1.165) is 11.5 Å². The van der Waals surface area contributed by atoms with Gasteiger partial charge in [0.25, 0.3) is 3.79 Å². The molecule has 0 N–H and O–H groups in total. The van der Waals surface area contributed by atoms with E-state index < -0.39 is 3.79 Å². The van der Waals surface area contributed by atoms with Crippen molar-refractivity contribution in [1.82, 2.24) is 9.36 Å². The summed E-state index contributed by atoms with van der Waals surface area (Å²) >= 11 is 22.7. The molecule has 2 nitrogen and oxygen atoms in total. The van der Waals surface area contributed by atoms with E-state index in [-0.39, 0.29) is 10.3 Å². The fourth-order valence-corrected chi connectivity index (χ4v) is 1.37. The summed E-state index contributed by atoms with van der Waals surface area (Å²) in [5.41, 5.74) is 0. The number of rotatable bonds is 0. The monoisotopic (exact) mass is 236 g/mol. The van der Waals surface area contributed by atoms with Crippen molar-refractivity contribution >= 4 is 57.9 Å². The number of nitrogens with zero attached hydrogens (tertiary/aromatic N) is 2. The first-order valence-corrected chi connectivity index (χ1v) is 4.35. The lowest BCUT2D eigenvalue weighted by Crippen LogP contribution is -2.01. The van der Waals surface area contributed by atoms with Crippen molar-refractivity contribution in [3.63, 3.8) is 0 Å². The van der Waals surface area contributed by atoms with E-state index in [1.165, 1.54) is 0 Å². The minimum atomic E-state index is -1.57. The van der Waals surface area contributed by atoms with Crippen LogP contribution in [0.25, 0.3) is 0 Å². The molecule has 0 unspecified atom stereocenters. The van der Waals surface area contributed by atoms with Crippen LogP contribution in [-0.2, 0) is 3.79 Å². The van der Waals surface area contributed by atoms with Crippen molar-refractivity contribution < 1.29 is 0 Å². The van der Waals surface area contributed by atoms with Crippen molar-refractivity contribution in [1.29, 1.82) is 0 Å². The van der Waals surface area contributed by atoms with Crippen LogP contribution in [0.1, 0.15) is 5.82 Å². The molecular formula is C3Cl4N2S. The van der Waals surface area contributed by atoms with Gasteiger partial charge in [0.05, 0.1) is 0 Å². The third kappa shape index (κ3) is 2.10. The van der Waals surface area contributed by atoms with E-state index in [2.05, 4.69) is 9.36 Å². The summed E-state index contributed by atoms with van der Waals surface area (Å²) in [4.78, 5) is 3.66. The molecule has 0 aliphatic heterocycles. The lowest BCUT2D eigenvalue weighted by Gasteiger charge is -2.02. The Morgan fingerprint density at radius 1 is 1.30 bits per heavy atom. The maximum absolute atomic E-state index is 5.44. The predicted molar refractivity (Wildman–Crippen MR) is 44.2 cm³/mol. The Labute approximate surface area is 81.2 Å². The summed E-state index contributed by atoms with van der Waals surface area (Å²) in [6, 6.07) is 0. The number of hydrogen-bond acceptors (Lipinski definition) is 3. The molecule has 0 aliphatic rings. The molecule has 0 atom stereocenters. The topological polar surface area (TPSA) is 25.8 Å². The van der Waals surface area contributed by atoms with Crippen LogP contribution in [0.2, 0.25) is 4.47 Å². The molecule has 0 spiro atoms. The van der Waals surface area contributed by atoms with Gasteiger partial charge < -0.3 is 0 Å². The van der Waals surface area contributed by atoms with Crippen LogP contribution in [0.15, 0.2) is 0 Å². The van der Waals surface area contributed by atoms with Crippen LogP contribution < -0.4 is 0 Å². The number of hydrogen-bond donors (Lipinski definition) is 0. The molecule has 0 fully saturated rings. The fourth-order valence-electron chi connectivity index (χ4n) is 0.320. The molecule has 0 bridgehead atoms. The minimum absolute atomic E-state index is 0.118. The summed E-state index contributed by atoms with van der Waals surface area (Å²) in [5, 5.41) is 0. The third-order valence-corrected chi connectivity index (χ3v) is 1.96. The molecule has 1 aromatic rings. The highest BCUT2D eigenvalue weighted by atomic mass is 35.6. The van der Waals surface area contributed by atoms with Gasteiger partial charge in [-0.05, 0) is 23.1 Å². The van der Waals surface area contributed by atoms with Gasteiger partial charge in [-0.25, -0.2) is 4.98 Å². The van der Waals surface area contributed by atoms with Crippen LogP contribution in [0.5, 0.6) is 0 Å². The van der Waals surface area contributed by atoms with E-state index in [1.807, 2.05) is 0 Å². The fraction of sp³-hybridized carbons (Fsp3) is 0.333. The summed E-state index contributed by atoms with van der Waals surface area (Å²) in [7, 11) is 0. The molecule has 0 saturated carbocycles. The second kappa shape index (κ2) is 2.99. The Bertz CT molecular complexity index is 229. The standard InChI is InChI=1S/C3Cl4N2S/c4-2-8-1(9-10-2)3(5,6)7. The molecule has 10 heavy (non-hydrogen) atoms. The molecule has 0 saturated heterocycles. The Kier molecular flexibility index (Phi) is 2.64. The first-order chi connectivity index (χ1) is 4.50. The van der Waals surface area contributed by atoms with Gasteiger partial charge in [0, 0.05) is 0 Å². The van der Waals surface area contributed by atoms with Gasteiger partial charge in [0.15, 0.2) is 5.82 Å². The molecule has 0 amide bonds. The highest BCUT2D eigenvalue weighted by Gasteiger charge is 2.27. The van der Waals surface area contributed by atoms with Crippen molar-refractivity contribution in [3.05, 3.63) is 10.3 Å². The van der Waals surface area contributed by atoms with Gasteiger partial charge in [-0.15, -0.1) is 0 Å². The first-order valence-electron chi connectivity index (χ1n) is 2.06. The van der Waals surface area contributed by atoms with Gasteiger partial charge in [-0.2, -0.15) is 4.37 Å². The molecule has 1 rings (SSSR count). The normalized spacial score (nSPS) is 12.0. The molecule has 0 aliphatic carbocycles. The Hall–Kier alpha value is 0.720. The average molecular weight is 238 g/mol. The Balaban J connectivity index is 2.96. The van der Waals surface area contributed by atoms with Crippen molar-refractivity contribution in [2.45, 2.75) is 3.79 Å². The summed E-state index contributed by atoms with van der Waals surface area (Å²) in [6.07, 6.45) is 0. The molecule has 56 valence electrons. The van der Waals surface area contributed by atoms with E-state index in [1.54, 1.807) is 0 Å². The van der Waals surface area contributed by atoms with Gasteiger partial charge in [0.2, 0.25) is 4.47 Å². The summed E-state index contributed by atoms with van der Waals surface area (Å²) in [5.74, 6) is 0.118. The molecule has 7 heteroatoms. The Morgan fingerprint density at radius 2 is 1.90 bits per heavy atom. The van der Waals surface area contributed by atoms with Crippen LogP contribution in [0.3, 0.4) is 0 Å². The minimum Gasteiger partial charge on any atom is -0.204 e. The zero-order valence-corrected chi connectivity index (χ0v) is 8.15. The lowest BCUT2D eigenvalue weighted by atomic mass is 10.7. The highest BCUT2D eigenvalue weighted by Crippen LogP contribution is 2.37. The van der Waals surface area contributed by atoms with Crippen molar-refractivity contribution in [2.24, 2.45) is 0 Å². The number of aromatic nitrogens is 2. The van der Waals surface area contributed by atoms with Crippen LogP contribution in [0, 0.1) is 0 Å². The largest absolute Gasteiger partial charge is 0.251 e. The molecular weight excluding hydrogens is 238 g/mol. The van der Waals surface area contributed by atoms with Gasteiger partial charge >= 0.3 is 0 Å². The smallest absolute Gasteiger partial charge is 0.204 e. The van der Waals surface area contributed by atoms with Crippen molar-refractivity contribution in [3.8, 4) is 0 Å². The first kappa shape index (κ1) is 8.81. The maximum Gasteiger partial charge on any atom is 0.251 e. The van der Waals surface area contributed by atoms with E-state index in [0.29, 0.717) is 0 Å². The number of halogens is 4. The third-order valence-electron chi connectivity index (χ3n) is 0.655. The van der Waals surface area contributed by atoms with Crippen molar-refractivity contribution in [2.75, 3.05) is 0 Å². The summed E-state index contributed by atoms with van der Waals surface area (Å²) in [6.45, 7) is 0. The SMILES string of the molecule is Clc1nc(C(Cl)(Cl)Cl)ns1. The quantitative estimate of drug-likeness (QED) is 0.649. The Morgan fingerprint density at radius 3 is 2.10 bits per heavy atom. The second-order valence-electron chi connectivity index (χ2n) is 1.37. The zero-order chi connectivity index (χ0) is 7.78. The lowest BCUT2D eigenvalue weighted by molar-refractivity contribution is 1.05. The van der Waals surface area contributed by atoms with Crippen LogP contribution in [-0.4, -0.2) is 9.36 Å². The van der Waals surface area contributed by atoms with E-state index in [4.69, 9.17) is 46.4 Å². The van der Waals surface area contributed by atoms with Gasteiger partial charge in [-0.3, -0.25) is 0 Å². The molecule has 1 aromatic heterocycles. The molecule has 0 aromatic carbocycles. The van der Waals surface area contributed by atoms with Gasteiger partial charge in [-0.1, -0.05) is 34.8 Å². The van der Waals surface area contributed by atoms with E-state index >= 15 is 0 Å².